The average Bonchev–Trinajstić information content (AvgIpc) is 2.86. The summed E-state index contributed by atoms with van der Waals surface area (Å²) in [5.74, 6) is 0. The standard InChI is InChI=1S/C31H39N3O2/c1-24-25(2)29(34(22-26-12-8-6-9-13-26)23-27-14-10-7-11-15-27)17-16-28(24)32-18-20-33(21-19-32)30(35)36-31(3,4)5/h6-17H,18-23H2,1-5H3. The van der Waals surface area contributed by atoms with E-state index in [1.165, 1.54) is 33.6 Å². The van der Waals surface area contributed by atoms with Crippen LogP contribution < -0.4 is 9.80 Å². The number of rotatable bonds is 6. The van der Waals surface area contributed by atoms with Gasteiger partial charge >= 0.3 is 6.09 Å². The summed E-state index contributed by atoms with van der Waals surface area (Å²) in [6.07, 6.45) is -0.220. The maximum absolute atomic E-state index is 12.5. The van der Waals surface area contributed by atoms with Crippen LogP contribution in [0.25, 0.3) is 0 Å². The summed E-state index contributed by atoms with van der Waals surface area (Å²) in [5.41, 5.74) is 7.23. The van der Waals surface area contributed by atoms with Gasteiger partial charge in [-0.25, -0.2) is 4.79 Å². The number of piperazine rings is 1. The summed E-state index contributed by atoms with van der Waals surface area (Å²) in [5, 5.41) is 0. The van der Waals surface area contributed by atoms with Crippen LogP contribution in [0.1, 0.15) is 43.0 Å². The molecule has 0 saturated carbocycles. The van der Waals surface area contributed by atoms with Gasteiger partial charge in [0, 0.05) is 50.6 Å². The fourth-order valence-electron chi connectivity index (χ4n) is 4.77. The van der Waals surface area contributed by atoms with Gasteiger partial charge in [-0.15, -0.1) is 0 Å². The molecule has 36 heavy (non-hydrogen) atoms. The van der Waals surface area contributed by atoms with Crippen molar-refractivity contribution < 1.29 is 9.53 Å². The van der Waals surface area contributed by atoms with Gasteiger partial charge in [0.25, 0.3) is 0 Å². The Hall–Kier alpha value is -3.47. The molecule has 1 fully saturated rings. The Kier molecular flexibility index (Phi) is 7.88. The predicted molar refractivity (Wildman–Crippen MR) is 149 cm³/mol. The van der Waals surface area contributed by atoms with Crippen molar-refractivity contribution >= 4 is 17.5 Å². The number of carbonyl (C=O) groups is 1. The first kappa shape index (κ1) is 25.6. The van der Waals surface area contributed by atoms with Crippen molar-refractivity contribution in [3.8, 4) is 0 Å². The SMILES string of the molecule is Cc1c(N2CCN(C(=O)OC(C)(C)C)CC2)ccc(N(Cc2ccccc2)Cc2ccccc2)c1C. The molecule has 1 aliphatic rings. The Morgan fingerprint density at radius 2 is 1.31 bits per heavy atom. The molecular formula is C31H39N3O2. The lowest BCUT2D eigenvalue weighted by Gasteiger charge is -2.38. The number of amides is 1. The Morgan fingerprint density at radius 1 is 0.778 bits per heavy atom. The van der Waals surface area contributed by atoms with Crippen molar-refractivity contribution in [3.63, 3.8) is 0 Å². The molecule has 1 saturated heterocycles. The summed E-state index contributed by atoms with van der Waals surface area (Å²) in [6.45, 7) is 14.8. The molecule has 4 rings (SSSR count). The van der Waals surface area contributed by atoms with Crippen molar-refractivity contribution in [1.29, 1.82) is 0 Å². The second kappa shape index (κ2) is 11.1. The molecule has 3 aromatic rings. The largest absolute Gasteiger partial charge is 0.444 e. The molecule has 0 aromatic heterocycles. The van der Waals surface area contributed by atoms with Crippen LogP contribution in [-0.4, -0.2) is 42.8 Å². The third-order valence-electron chi connectivity index (χ3n) is 6.78. The summed E-state index contributed by atoms with van der Waals surface area (Å²) in [6, 6.07) is 25.8. The summed E-state index contributed by atoms with van der Waals surface area (Å²) in [7, 11) is 0. The van der Waals surface area contributed by atoms with E-state index in [0.29, 0.717) is 13.1 Å². The monoisotopic (exact) mass is 485 g/mol. The van der Waals surface area contributed by atoms with Gasteiger partial charge < -0.3 is 19.4 Å². The van der Waals surface area contributed by atoms with Crippen LogP contribution in [0, 0.1) is 13.8 Å². The number of ether oxygens (including phenoxy) is 1. The predicted octanol–water partition coefficient (Wildman–Crippen LogP) is 6.57. The van der Waals surface area contributed by atoms with Crippen molar-refractivity contribution in [3.05, 3.63) is 95.1 Å². The van der Waals surface area contributed by atoms with Crippen molar-refractivity contribution in [2.45, 2.75) is 53.3 Å². The number of benzene rings is 3. The first-order chi connectivity index (χ1) is 17.2. The number of carbonyl (C=O) groups excluding carboxylic acids is 1. The number of nitrogens with zero attached hydrogens (tertiary/aromatic N) is 3. The lowest BCUT2D eigenvalue weighted by Crippen LogP contribution is -2.50. The zero-order valence-electron chi connectivity index (χ0n) is 22.3. The van der Waals surface area contributed by atoms with E-state index in [1.54, 1.807) is 0 Å². The highest BCUT2D eigenvalue weighted by Gasteiger charge is 2.27. The Morgan fingerprint density at radius 3 is 1.81 bits per heavy atom. The summed E-state index contributed by atoms with van der Waals surface area (Å²) >= 11 is 0. The second-order valence-electron chi connectivity index (χ2n) is 10.6. The van der Waals surface area contributed by atoms with Gasteiger partial charge in [0.2, 0.25) is 0 Å². The molecule has 0 aliphatic carbocycles. The van der Waals surface area contributed by atoms with E-state index in [4.69, 9.17) is 4.74 Å². The van der Waals surface area contributed by atoms with E-state index in [1.807, 2.05) is 25.7 Å². The van der Waals surface area contributed by atoms with Crippen LogP contribution in [0.15, 0.2) is 72.8 Å². The Bertz CT molecular complexity index is 1110. The van der Waals surface area contributed by atoms with Gasteiger partial charge in [-0.05, 0) is 69.0 Å². The fourth-order valence-corrected chi connectivity index (χ4v) is 4.77. The van der Waals surface area contributed by atoms with Crippen molar-refractivity contribution in [2.75, 3.05) is 36.0 Å². The maximum Gasteiger partial charge on any atom is 0.410 e. The van der Waals surface area contributed by atoms with E-state index in [9.17, 15) is 4.79 Å². The number of anilines is 2. The minimum absolute atomic E-state index is 0.220. The average molecular weight is 486 g/mol. The van der Waals surface area contributed by atoms with Crippen LogP contribution in [-0.2, 0) is 17.8 Å². The molecule has 190 valence electrons. The minimum atomic E-state index is -0.469. The molecule has 3 aromatic carbocycles. The van der Waals surface area contributed by atoms with E-state index in [-0.39, 0.29) is 6.09 Å². The van der Waals surface area contributed by atoms with Gasteiger partial charge in [-0.3, -0.25) is 0 Å². The van der Waals surface area contributed by atoms with Gasteiger partial charge in [0.05, 0.1) is 0 Å². The highest BCUT2D eigenvalue weighted by atomic mass is 16.6. The van der Waals surface area contributed by atoms with Crippen LogP contribution >= 0.6 is 0 Å². The lowest BCUT2D eigenvalue weighted by molar-refractivity contribution is 0.0240. The van der Waals surface area contributed by atoms with Crippen LogP contribution in [0.2, 0.25) is 0 Å². The smallest absolute Gasteiger partial charge is 0.410 e. The molecule has 0 spiro atoms. The van der Waals surface area contributed by atoms with E-state index >= 15 is 0 Å². The van der Waals surface area contributed by atoms with Crippen LogP contribution in [0.3, 0.4) is 0 Å². The molecule has 5 heteroatoms. The number of hydrogen-bond acceptors (Lipinski definition) is 4. The Balaban J connectivity index is 1.53. The first-order valence-corrected chi connectivity index (χ1v) is 12.9. The second-order valence-corrected chi connectivity index (χ2v) is 10.6. The molecular weight excluding hydrogens is 446 g/mol. The van der Waals surface area contributed by atoms with E-state index in [2.05, 4.69) is 96.4 Å². The summed E-state index contributed by atoms with van der Waals surface area (Å²) in [4.78, 5) is 19.2. The Labute approximate surface area is 216 Å². The van der Waals surface area contributed by atoms with Crippen molar-refractivity contribution in [1.82, 2.24) is 4.90 Å². The van der Waals surface area contributed by atoms with Crippen molar-refractivity contribution in [2.24, 2.45) is 0 Å². The van der Waals surface area contributed by atoms with Crippen LogP contribution in [0.4, 0.5) is 16.2 Å². The van der Waals surface area contributed by atoms with E-state index < -0.39 is 5.60 Å². The quantitative estimate of drug-likeness (QED) is 0.396. The van der Waals surface area contributed by atoms with Gasteiger partial charge in [-0.1, -0.05) is 60.7 Å². The number of hydrogen-bond donors (Lipinski definition) is 0. The van der Waals surface area contributed by atoms with E-state index in [0.717, 1.165) is 26.2 Å². The molecule has 0 bridgehead atoms. The lowest BCUT2D eigenvalue weighted by atomic mass is 10.0. The molecule has 1 aliphatic heterocycles. The van der Waals surface area contributed by atoms with Gasteiger partial charge in [0.1, 0.15) is 5.60 Å². The highest BCUT2D eigenvalue weighted by molar-refractivity contribution is 5.70. The zero-order valence-corrected chi connectivity index (χ0v) is 22.3. The molecule has 5 nitrogen and oxygen atoms in total. The summed E-state index contributed by atoms with van der Waals surface area (Å²) < 4.78 is 5.56. The first-order valence-electron chi connectivity index (χ1n) is 12.9. The topological polar surface area (TPSA) is 36.0 Å². The zero-order chi connectivity index (χ0) is 25.7. The molecule has 1 amide bonds. The maximum atomic E-state index is 12.5. The minimum Gasteiger partial charge on any atom is -0.444 e. The van der Waals surface area contributed by atoms with Gasteiger partial charge in [0.15, 0.2) is 0 Å². The highest BCUT2D eigenvalue weighted by Crippen LogP contribution is 2.33. The molecule has 1 heterocycles. The molecule has 0 N–H and O–H groups in total. The fraction of sp³-hybridized carbons (Fsp3) is 0.387. The normalized spacial score (nSPS) is 14.0. The van der Waals surface area contributed by atoms with Crippen LogP contribution in [0.5, 0.6) is 0 Å². The third-order valence-corrected chi connectivity index (χ3v) is 6.78. The molecule has 0 unspecified atom stereocenters. The third kappa shape index (κ3) is 6.39. The molecule has 0 atom stereocenters. The molecule has 0 radical (unpaired) electrons. The van der Waals surface area contributed by atoms with Gasteiger partial charge in [-0.2, -0.15) is 0 Å².